The van der Waals surface area contributed by atoms with Crippen LogP contribution in [0.5, 0.6) is 0 Å². The molecule has 0 spiro atoms. The van der Waals surface area contributed by atoms with Crippen molar-refractivity contribution in [1.29, 1.82) is 0 Å². The van der Waals surface area contributed by atoms with Gasteiger partial charge in [-0.1, -0.05) is 120 Å². The van der Waals surface area contributed by atoms with Gasteiger partial charge in [0.05, 0.1) is 17.6 Å². The molecule has 0 saturated carbocycles. The maximum atomic E-state index is 12.4. The Morgan fingerprint density at radius 2 is 1.16 bits per heavy atom. The molecule has 0 aliphatic carbocycles. The second kappa shape index (κ2) is 28.5. The molecule has 0 bridgehead atoms. The number of nitrogens with one attached hydrogen (secondary N) is 1. The summed E-state index contributed by atoms with van der Waals surface area (Å²) in [5.41, 5.74) is -0.573. The summed E-state index contributed by atoms with van der Waals surface area (Å²) in [7, 11) is 0. The van der Waals surface area contributed by atoms with Crippen LogP contribution >= 0.6 is 0 Å². The van der Waals surface area contributed by atoms with E-state index in [4.69, 9.17) is 4.74 Å². The van der Waals surface area contributed by atoms with Crippen LogP contribution < -0.4 is 5.32 Å². The van der Waals surface area contributed by atoms with E-state index in [0.29, 0.717) is 6.61 Å². The summed E-state index contributed by atoms with van der Waals surface area (Å²) in [5, 5.41) is 3.09. The van der Waals surface area contributed by atoms with Crippen LogP contribution in [0.3, 0.4) is 0 Å². The van der Waals surface area contributed by atoms with Gasteiger partial charge in [0.25, 0.3) is 0 Å². The molecule has 0 heterocycles. The van der Waals surface area contributed by atoms with Gasteiger partial charge in [0.1, 0.15) is 0 Å². The molecule has 0 aromatic heterocycles. The third-order valence-corrected chi connectivity index (χ3v) is 5.49. The predicted molar refractivity (Wildman–Crippen MR) is 148 cm³/mol. The van der Waals surface area contributed by atoms with Crippen molar-refractivity contribution in [1.82, 2.24) is 5.32 Å². The SMILES string of the molecule is CC.CC.CCCC.CCCCCCCCCNC(=O)C(C)(C)COC(C)(CC)CCC. The highest BCUT2D eigenvalue weighted by Gasteiger charge is 2.31. The Morgan fingerprint density at radius 1 is 0.688 bits per heavy atom. The van der Waals surface area contributed by atoms with Gasteiger partial charge in [-0.2, -0.15) is 0 Å². The van der Waals surface area contributed by atoms with Crippen LogP contribution in [0.2, 0.25) is 0 Å². The lowest BCUT2D eigenvalue weighted by Crippen LogP contribution is -2.43. The van der Waals surface area contributed by atoms with Crippen molar-refractivity contribution in [3.63, 3.8) is 0 Å². The largest absolute Gasteiger partial charge is 0.374 e. The lowest BCUT2D eigenvalue weighted by molar-refractivity contribution is -0.138. The number of hydrogen-bond acceptors (Lipinski definition) is 2. The summed E-state index contributed by atoms with van der Waals surface area (Å²) < 4.78 is 6.13. The second-order valence-corrected chi connectivity index (χ2v) is 9.10. The molecular weight excluding hydrogens is 394 g/mol. The average molecular weight is 460 g/mol. The molecule has 3 heteroatoms. The van der Waals surface area contributed by atoms with E-state index in [-0.39, 0.29) is 11.5 Å². The fourth-order valence-corrected chi connectivity index (χ4v) is 2.82. The zero-order chi connectivity index (χ0) is 25.9. The van der Waals surface area contributed by atoms with Crippen molar-refractivity contribution in [2.45, 2.75) is 166 Å². The van der Waals surface area contributed by atoms with Crippen molar-refractivity contribution in [2.24, 2.45) is 5.41 Å². The van der Waals surface area contributed by atoms with Gasteiger partial charge in [-0.05, 0) is 40.0 Å². The van der Waals surface area contributed by atoms with Crippen LogP contribution in [0.1, 0.15) is 160 Å². The maximum Gasteiger partial charge on any atom is 0.227 e. The Kier molecular flexibility index (Phi) is 34.4. The summed E-state index contributed by atoms with van der Waals surface area (Å²) in [6, 6.07) is 0. The summed E-state index contributed by atoms with van der Waals surface area (Å²) >= 11 is 0. The lowest BCUT2D eigenvalue weighted by atomic mass is 9.91. The van der Waals surface area contributed by atoms with Crippen molar-refractivity contribution in [3.8, 4) is 0 Å². The molecule has 3 nitrogen and oxygen atoms in total. The van der Waals surface area contributed by atoms with E-state index < -0.39 is 5.41 Å². The number of amides is 1. The van der Waals surface area contributed by atoms with Crippen molar-refractivity contribution in [3.05, 3.63) is 0 Å². The van der Waals surface area contributed by atoms with Crippen molar-refractivity contribution >= 4 is 5.91 Å². The van der Waals surface area contributed by atoms with Crippen molar-refractivity contribution in [2.75, 3.05) is 13.2 Å². The Balaban J connectivity index is -0.000000427. The van der Waals surface area contributed by atoms with Gasteiger partial charge in [-0.3, -0.25) is 4.79 Å². The van der Waals surface area contributed by atoms with E-state index >= 15 is 0 Å². The molecule has 0 aromatic rings. The number of carbonyl (C=O) groups excluding carboxylic acids is 1. The first kappa shape index (κ1) is 38.7. The number of carbonyl (C=O) groups is 1. The molecule has 1 amide bonds. The quantitative estimate of drug-likeness (QED) is 0.233. The van der Waals surface area contributed by atoms with Crippen LogP contribution in [0.25, 0.3) is 0 Å². The molecule has 1 N–H and O–H groups in total. The average Bonchev–Trinajstić information content (AvgIpc) is 2.82. The molecule has 0 aromatic carbocycles. The van der Waals surface area contributed by atoms with E-state index in [2.05, 4.69) is 46.9 Å². The molecule has 1 unspecified atom stereocenters. The Bertz CT molecular complexity index is 353. The fourth-order valence-electron chi connectivity index (χ4n) is 2.82. The van der Waals surface area contributed by atoms with Crippen LogP contribution in [0.15, 0.2) is 0 Å². The topological polar surface area (TPSA) is 38.3 Å². The smallest absolute Gasteiger partial charge is 0.227 e. The summed E-state index contributed by atoms with van der Waals surface area (Å²) in [6.45, 7) is 26.3. The van der Waals surface area contributed by atoms with E-state index in [1.807, 2.05) is 41.5 Å². The molecule has 0 saturated heterocycles. The van der Waals surface area contributed by atoms with E-state index in [1.165, 1.54) is 51.4 Å². The standard InChI is InChI=1S/C21H43NO2.C4H10.2C2H6/c1-7-10-11-12-13-14-15-17-22-19(23)20(4,5)18-24-21(6,9-3)16-8-2;1-3-4-2;2*1-2/h7-18H2,1-6H3,(H,22,23);3-4H2,1-2H3;2*1-2H3. The van der Waals surface area contributed by atoms with Crippen LogP contribution in [0, 0.1) is 5.41 Å². The molecule has 0 aliphatic rings. The minimum absolute atomic E-state index is 0.106. The summed E-state index contributed by atoms with van der Waals surface area (Å²) in [5.74, 6) is 0.114. The normalized spacial score (nSPS) is 12.1. The van der Waals surface area contributed by atoms with Gasteiger partial charge < -0.3 is 10.1 Å². The minimum Gasteiger partial charge on any atom is -0.374 e. The monoisotopic (exact) mass is 460 g/mol. The number of rotatable bonds is 16. The van der Waals surface area contributed by atoms with Gasteiger partial charge in [0.2, 0.25) is 5.91 Å². The van der Waals surface area contributed by atoms with Gasteiger partial charge in [0, 0.05) is 6.54 Å². The number of unbranched alkanes of at least 4 members (excludes halogenated alkanes) is 7. The molecule has 0 fully saturated rings. The Morgan fingerprint density at radius 3 is 1.56 bits per heavy atom. The maximum absolute atomic E-state index is 12.4. The van der Waals surface area contributed by atoms with Crippen molar-refractivity contribution < 1.29 is 9.53 Å². The first-order valence-electron chi connectivity index (χ1n) is 14.1. The third-order valence-electron chi connectivity index (χ3n) is 5.49. The highest BCUT2D eigenvalue weighted by molar-refractivity contribution is 5.81. The summed E-state index contributed by atoms with van der Waals surface area (Å²) in [4.78, 5) is 12.4. The molecule has 0 rings (SSSR count). The highest BCUT2D eigenvalue weighted by Crippen LogP contribution is 2.26. The molecule has 198 valence electrons. The first-order chi connectivity index (χ1) is 15.2. The second-order valence-electron chi connectivity index (χ2n) is 9.10. The predicted octanol–water partition coefficient (Wildman–Crippen LogP) is 9.72. The lowest BCUT2D eigenvalue weighted by Gasteiger charge is -2.33. The third kappa shape index (κ3) is 25.7. The number of ether oxygens (including phenoxy) is 1. The van der Waals surface area contributed by atoms with Crippen LogP contribution in [0.4, 0.5) is 0 Å². The van der Waals surface area contributed by atoms with Gasteiger partial charge in [-0.15, -0.1) is 0 Å². The van der Waals surface area contributed by atoms with Gasteiger partial charge in [-0.25, -0.2) is 0 Å². The van der Waals surface area contributed by atoms with E-state index in [1.54, 1.807) is 0 Å². The van der Waals surface area contributed by atoms with Crippen LogP contribution in [-0.4, -0.2) is 24.7 Å². The molecular formula is C29H65NO2. The Hall–Kier alpha value is -0.570. The van der Waals surface area contributed by atoms with Gasteiger partial charge in [0.15, 0.2) is 0 Å². The molecule has 32 heavy (non-hydrogen) atoms. The van der Waals surface area contributed by atoms with Crippen LogP contribution in [-0.2, 0) is 9.53 Å². The van der Waals surface area contributed by atoms with Gasteiger partial charge >= 0.3 is 0 Å². The first-order valence-corrected chi connectivity index (χ1v) is 14.1. The molecule has 0 radical (unpaired) electrons. The minimum atomic E-state index is -0.467. The highest BCUT2D eigenvalue weighted by atomic mass is 16.5. The fraction of sp³-hybridized carbons (Fsp3) is 0.966. The molecule has 1 atom stereocenters. The number of hydrogen-bond donors (Lipinski definition) is 1. The van der Waals surface area contributed by atoms with E-state index in [0.717, 1.165) is 32.2 Å². The Labute approximate surface area is 205 Å². The van der Waals surface area contributed by atoms with E-state index in [9.17, 15) is 4.79 Å². The summed E-state index contributed by atoms with van der Waals surface area (Å²) in [6.07, 6.45) is 14.7. The zero-order valence-electron chi connectivity index (χ0n) is 24.7. The zero-order valence-corrected chi connectivity index (χ0v) is 24.7. The molecule has 0 aliphatic heterocycles.